The van der Waals surface area contributed by atoms with Gasteiger partial charge in [-0.2, -0.15) is 0 Å². The Hall–Kier alpha value is -2.42. The minimum atomic E-state index is -0.187. The second-order valence-electron chi connectivity index (χ2n) is 7.35. The third kappa shape index (κ3) is 3.73. The zero-order valence-electron chi connectivity index (χ0n) is 16.8. The quantitative estimate of drug-likeness (QED) is 0.205. The van der Waals surface area contributed by atoms with Crippen LogP contribution in [0, 0.1) is 0 Å². The number of aromatic nitrogens is 4. The van der Waals surface area contributed by atoms with Gasteiger partial charge in [0.05, 0.1) is 10.6 Å². The monoisotopic (exact) mass is 470 g/mol. The van der Waals surface area contributed by atoms with Crippen molar-refractivity contribution in [3.63, 3.8) is 0 Å². The summed E-state index contributed by atoms with van der Waals surface area (Å²) in [5.41, 5.74) is 1.95. The van der Waals surface area contributed by atoms with Crippen molar-refractivity contribution in [1.29, 1.82) is 0 Å². The van der Waals surface area contributed by atoms with Gasteiger partial charge in [0.1, 0.15) is 4.83 Å². The SMILES string of the molecule is C=CCn1c(S[C@@H](C)c2nnc(-c3cccc(Cl)c3)o2)nc2sc3c(c2c1=O)CCC3. The summed E-state index contributed by atoms with van der Waals surface area (Å²) in [6.07, 6.45) is 4.82. The van der Waals surface area contributed by atoms with Crippen LogP contribution in [-0.4, -0.2) is 19.7 Å². The van der Waals surface area contributed by atoms with Gasteiger partial charge < -0.3 is 4.42 Å². The van der Waals surface area contributed by atoms with Gasteiger partial charge in [0.15, 0.2) is 5.16 Å². The van der Waals surface area contributed by atoms with E-state index in [9.17, 15) is 4.79 Å². The van der Waals surface area contributed by atoms with Gasteiger partial charge in [-0.05, 0) is 49.9 Å². The van der Waals surface area contributed by atoms with Crippen LogP contribution in [0.15, 0.2) is 51.3 Å². The van der Waals surface area contributed by atoms with E-state index >= 15 is 0 Å². The highest BCUT2D eigenvalue weighted by atomic mass is 35.5. The van der Waals surface area contributed by atoms with Crippen LogP contribution in [0.4, 0.5) is 0 Å². The van der Waals surface area contributed by atoms with E-state index in [-0.39, 0.29) is 10.8 Å². The van der Waals surface area contributed by atoms with Gasteiger partial charge in [0.25, 0.3) is 5.56 Å². The van der Waals surface area contributed by atoms with Crippen molar-refractivity contribution in [2.75, 3.05) is 0 Å². The summed E-state index contributed by atoms with van der Waals surface area (Å²) in [6, 6.07) is 7.28. The van der Waals surface area contributed by atoms with Gasteiger partial charge in [-0.1, -0.05) is 35.5 Å². The maximum absolute atomic E-state index is 13.3. The summed E-state index contributed by atoms with van der Waals surface area (Å²) in [5, 5.41) is 10.2. The van der Waals surface area contributed by atoms with Crippen molar-refractivity contribution in [1.82, 2.24) is 19.7 Å². The number of nitrogens with zero attached hydrogens (tertiary/aromatic N) is 4. The molecule has 0 bridgehead atoms. The Morgan fingerprint density at radius 2 is 2.26 bits per heavy atom. The van der Waals surface area contributed by atoms with Gasteiger partial charge in [-0.3, -0.25) is 9.36 Å². The van der Waals surface area contributed by atoms with Crippen molar-refractivity contribution in [3.05, 3.63) is 68.6 Å². The van der Waals surface area contributed by atoms with Gasteiger partial charge in [-0.25, -0.2) is 4.98 Å². The summed E-state index contributed by atoms with van der Waals surface area (Å²) in [5.74, 6) is 0.875. The van der Waals surface area contributed by atoms with Crippen molar-refractivity contribution < 1.29 is 4.42 Å². The van der Waals surface area contributed by atoms with Crippen molar-refractivity contribution in [3.8, 4) is 11.5 Å². The molecule has 1 atom stereocenters. The molecular formula is C22H19ClN4O2S2. The predicted octanol–water partition coefficient (Wildman–Crippen LogP) is 5.69. The molecule has 158 valence electrons. The van der Waals surface area contributed by atoms with E-state index < -0.39 is 0 Å². The second-order valence-corrected chi connectivity index (χ2v) is 10.2. The Kier molecular flexibility index (Phi) is 5.45. The lowest BCUT2D eigenvalue weighted by atomic mass is 10.2. The first-order chi connectivity index (χ1) is 15.0. The highest BCUT2D eigenvalue weighted by Gasteiger charge is 2.25. The van der Waals surface area contributed by atoms with Crippen LogP contribution in [-0.2, 0) is 19.4 Å². The number of fused-ring (bicyclic) bond motifs is 3. The second kappa shape index (κ2) is 8.26. The summed E-state index contributed by atoms with van der Waals surface area (Å²) in [6.45, 7) is 6.18. The molecule has 3 aromatic heterocycles. The Labute approximate surface area is 192 Å². The van der Waals surface area contributed by atoms with E-state index in [0.717, 1.165) is 35.0 Å². The first-order valence-corrected chi connectivity index (χ1v) is 12.0. The van der Waals surface area contributed by atoms with E-state index in [1.165, 1.54) is 22.2 Å². The van der Waals surface area contributed by atoms with Crippen molar-refractivity contribution in [2.24, 2.45) is 0 Å². The number of aryl methyl sites for hydroxylation is 2. The summed E-state index contributed by atoms with van der Waals surface area (Å²) >= 11 is 9.14. The largest absolute Gasteiger partial charge is 0.419 e. The van der Waals surface area contributed by atoms with Crippen LogP contribution in [0.25, 0.3) is 21.7 Å². The number of hydrogen-bond acceptors (Lipinski definition) is 7. The molecule has 5 rings (SSSR count). The highest BCUT2D eigenvalue weighted by Crippen LogP contribution is 2.38. The van der Waals surface area contributed by atoms with Gasteiger partial charge >= 0.3 is 0 Å². The molecule has 0 radical (unpaired) electrons. The van der Waals surface area contributed by atoms with Gasteiger partial charge in [0.2, 0.25) is 11.8 Å². The first-order valence-electron chi connectivity index (χ1n) is 9.97. The molecule has 4 aromatic rings. The van der Waals surface area contributed by atoms with E-state index in [1.807, 2.05) is 19.1 Å². The molecule has 0 fully saturated rings. The number of benzene rings is 1. The Morgan fingerprint density at radius 1 is 1.39 bits per heavy atom. The zero-order valence-corrected chi connectivity index (χ0v) is 19.2. The molecule has 0 N–H and O–H groups in total. The summed E-state index contributed by atoms with van der Waals surface area (Å²) in [7, 11) is 0. The maximum atomic E-state index is 13.3. The minimum absolute atomic E-state index is 0.00384. The Bertz CT molecular complexity index is 1360. The molecule has 1 aliphatic rings. The fraction of sp³-hybridized carbons (Fsp3) is 0.273. The number of hydrogen-bond donors (Lipinski definition) is 0. The van der Waals surface area contributed by atoms with Crippen molar-refractivity contribution in [2.45, 2.75) is 43.1 Å². The van der Waals surface area contributed by atoms with Gasteiger partial charge in [-0.15, -0.1) is 28.1 Å². The highest BCUT2D eigenvalue weighted by molar-refractivity contribution is 7.99. The number of allylic oxidation sites excluding steroid dienone is 1. The third-order valence-corrected chi connectivity index (χ3v) is 7.74. The molecule has 0 saturated heterocycles. The van der Waals surface area contributed by atoms with Gasteiger partial charge in [0, 0.05) is 22.0 Å². The smallest absolute Gasteiger partial charge is 0.263 e. The number of halogens is 1. The molecule has 0 unspecified atom stereocenters. The van der Waals surface area contributed by atoms with Crippen molar-refractivity contribution >= 4 is 44.9 Å². The fourth-order valence-electron chi connectivity index (χ4n) is 3.78. The zero-order chi connectivity index (χ0) is 21.5. The molecule has 6 nitrogen and oxygen atoms in total. The number of rotatable bonds is 6. The normalized spacial score (nSPS) is 14.1. The average molecular weight is 471 g/mol. The van der Waals surface area contributed by atoms with Crippen LogP contribution in [0.5, 0.6) is 0 Å². The van der Waals surface area contributed by atoms with E-state index in [1.54, 1.807) is 34.1 Å². The molecule has 0 amide bonds. The van der Waals surface area contributed by atoms with Crippen LogP contribution in [0.3, 0.4) is 0 Å². The predicted molar refractivity (Wildman–Crippen MR) is 125 cm³/mol. The summed E-state index contributed by atoms with van der Waals surface area (Å²) in [4.78, 5) is 20.3. The molecule has 31 heavy (non-hydrogen) atoms. The first kappa shape index (κ1) is 20.5. The van der Waals surface area contributed by atoms with Crippen LogP contribution in [0.1, 0.15) is 34.9 Å². The molecule has 9 heteroatoms. The Balaban J connectivity index is 1.49. The van der Waals surface area contributed by atoms with Crippen LogP contribution < -0.4 is 5.56 Å². The summed E-state index contributed by atoms with van der Waals surface area (Å²) < 4.78 is 7.58. The van der Waals surface area contributed by atoms with E-state index in [2.05, 4.69) is 16.8 Å². The van der Waals surface area contributed by atoms with E-state index in [4.69, 9.17) is 21.0 Å². The lowest BCUT2D eigenvalue weighted by molar-refractivity contribution is 0.508. The lowest BCUT2D eigenvalue weighted by Gasteiger charge is -2.12. The molecule has 3 heterocycles. The van der Waals surface area contributed by atoms with Crippen LogP contribution >= 0.6 is 34.7 Å². The Morgan fingerprint density at radius 3 is 3.06 bits per heavy atom. The molecule has 1 aliphatic carbocycles. The fourth-order valence-corrected chi connectivity index (χ4v) is 6.22. The number of thioether (sulfide) groups is 1. The molecule has 0 spiro atoms. The molecule has 0 saturated carbocycles. The number of thiophene rings is 1. The minimum Gasteiger partial charge on any atom is -0.419 e. The van der Waals surface area contributed by atoms with Crippen LogP contribution in [0.2, 0.25) is 5.02 Å². The lowest BCUT2D eigenvalue weighted by Crippen LogP contribution is -2.23. The van der Waals surface area contributed by atoms with E-state index in [0.29, 0.717) is 28.5 Å². The molecular weight excluding hydrogens is 452 g/mol. The maximum Gasteiger partial charge on any atom is 0.263 e. The molecule has 0 aliphatic heterocycles. The third-order valence-electron chi connectivity index (χ3n) is 5.24. The molecule has 1 aromatic carbocycles. The topological polar surface area (TPSA) is 73.8 Å². The average Bonchev–Trinajstić information content (AvgIpc) is 3.46. The standard InChI is InChI=1S/C22H19ClN4O2S2/c1-3-10-27-21(28)17-15-8-5-9-16(15)31-20(17)24-22(27)30-12(2)18-25-26-19(29-18)13-6-4-7-14(23)11-13/h3-4,6-7,11-12H,1,5,8-10H2,2H3/t12-/m0/s1.